The summed E-state index contributed by atoms with van der Waals surface area (Å²) in [7, 11) is 0. The Bertz CT molecular complexity index is 399. The highest BCUT2D eigenvalue weighted by Gasteiger charge is 1.96. The molecule has 2 rings (SSSR count). The fourth-order valence-corrected chi connectivity index (χ4v) is 0.990. The van der Waals surface area contributed by atoms with Gasteiger partial charge < -0.3 is 4.74 Å². The van der Waals surface area contributed by atoms with Crippen molar-refractivity contribution in [2.45, 2.75) is 0 Å². The number of halogens is 1. The van der Waals surface area contributed by atoms with Gasteiger partial charge >= 0.3 is 0 Å². The summed E-state index contributed by atoms with van der Waals surface area (Å²) in [5, 5.41) is 0. The maximum atomic E-state index is 12.5. The van der Waals surface area contributed by atoms with Crippen LogP contribution in [0.15, 0.2) is 42.6 Å². The molecule has 0 N–H and O–H groups in total. The third-order valence-corrected chi connectivity index (χ3v) is 1.62. The van der Waals surface area contributed by atoms with Crippen molar-refractivity contribution in [1.29, 1.82) is 0 Å². The van der Waals surface area contributed by atoms with Crippen LogP contribution in [0.5, 0.6) is 11.6 Å². The standard InChI is InChI=1S/C11H7FNO/c12-9-4-6-10(7-5-9)14-11-3-1-2-8-13-11/h2-8H. The third kappa shape index (κ3) is 2.07. The lowest BCUT2D eigenvalue weighted by atomic mass is 10.3. The minimum absolute atomic E-state index is 0.287. The Labute approximate surface area is 81.0 Å². The van der Waals surface area contributed by atoms with E-state index in [0.717, 1.165) is 0 Å². The molecule has 14 heavy (non-hydrogen) atoms. The van der Waals surface area contributed by atoms with Crippen molar-refractivity contribution in [3.63, 3.8) is 0 Å². The second kappa shape index (κ2) is 3.87. The van der Waals surface area contributed by atoms with Crippen molar-refractivity contribution in [2.24, 2.45) is 0 Å². The lowest BCUT2D eigenvalue weighted by Gasteiger charge is -2.02. The normalized spacial score (nSPS) is 9.79. The number of ether oxygens (including phenoxy) is 1. The van der Waals surface area contributed by atoms with Gasteiger partial charge in [0.1, 0.15) is 11.6 Å². The molecular formula is C11H7FNO. The molecule has 0 saturated carbocycles. The van der Waals surface area contributed by atoms with Crippen molar-refractivity contribution < 1.29 is 9.13 Å². The summed E-state index contributed by atoms with van der Waals surface area (Å²) in [5.74, 6) is 0.711. The smallest absolute Gasteiger partial charge is 0.219 e. The van der Waals surface area contributed by atoms with Gasteiger partial charge in [0, 0.05) is 12.3 Å². The Morgan fingerprint density at radius 3 is 2.64 bits per heavy atom. The van der Waals surface area contributed by atoms with E-state index in [0.29, 0.717) is 11.6 Å². The summed E-state index contributed by atoms with van der Waals surface area (Å²) < 4.78 is 17.9. The third-order valence-electron chi connectivity index (χ3n) is 1.62. The first-order chi connectivity index (χ1) is 6.84. The summed E-state index contributed by atoms with van der Waals surface area (Å²) in [5.41, 5.74) is 0. The molecule has 0 saturated heterocycles. The number of hydrogen-bond acceptors (Lipinski definition) is 2. The van der Waals surface area contributed by atoms with E-state index in [1.54, 1.807) is 30.5 Å². The van der Waals surface area contributed by atoms with Crippen molar-refractivity contribution in [2.75, 3.05) is 0 Å². The predicted molar refractivity (Wildman–Crippen MR) is 49.5 cm³/mol. The fourth-order valence-electron chi connectivity index (χ4n) is 0.990. The average Bonchev–Trinajstić information content (AvgIpc) is 2.23. The molecule has 0 spiro atoms. The molecule has 0 fully saturated rings. The Kier molecular flexibility index (Phi) is 2.40. The average molecular weight is 188 g/mol. The second-order valence-corrected chi connectivity index (χ2v) is 2.65. The summed E-state index contributed by atoms with van der Waals surface area (Å²) in [6.07, 6.45) is 1.58. The molecule has 0 aliphatic heterocycles. The van der Waals surface area contributed by atoms with Gasteiger partial charge in [-0.25, -0.2) is 9.37 Å². The number of hydrogen-bond donors (Lipinski definition) is 0. The van der Waals surface area contributed by atoms with Crippen LogP contribution in [0.3, 0.4) is 0 Å². The zero-order valence-electron chi connectivity index (χ0n) is 7.27. The zero-order valence-corrected chi connectivity index (χ0v) is 7.27. The molecule has 69 valence electrons. The molecule has 1 radical (unpaired) electrons. The number of rotatable bonds is 2. The molecule has 0 amide bonds. The van der Waals surface area contributed by atoms with Crippen LogP contribution in [0.4, 0.5) is 4.39 Å². The summed E-state index contributed by atoms with van der Waals surface area (Å²) in [4.78, 5) is 3.95. The molecule has 0 atom stereocenters. The summed E-state index contributed by atoms with van der Waals surface area (Å²) in [6, 6.07) is 11.9. The van der Waals surface area contributed by atoms with Gasteiger partial charge in [0.25, 0.3) is 0 Å². The predicted octanol–water partition coefficient (Wildman–Crippen LogP) is 2.81. The summed E-state index contributed by atoms with van der Waals surface area (Å²) in [6.45, 7) is 0. The Morgan fingerprint density at radius 1 is 1.21 bits per heavy atom. The van der Waals surface area contributed by atoms with E-state index in [9.17, 15) is 4.39 Å². The highest BCUT2D eigenvalue weighted by Crippen LogP contribution is 2.18. The van der Waals surface area contributed by atoms with Crippen LogP contribution in [0, 0.1) is 11.9 Å². The first-order valence-electron chi connectivity index (χ1n) is 4.10. The second-order valence-electron chi connectivity index (χ2n) is 2.65. The van der Waals surface area contributed by atoms with Crippen molar-refractivity contribution in [3.05, 3.63) is 54.5 Å². The van der Waals surface area contributed by atoms with E-state index >= 15 is 0 Å². The zero-order chi connectivity index (χ0) is 9.80. The number of benzene rings is 1. The lowest BCUT2D eigenvalue weighted by Crippen LogP contribution is -1.86. The SMILES string of the molecule is Fc1ccc(Oc2c[c]ccn2)cc1. The highest BCUT2D eigenvalue weighted by atomic mass is 19.1. The van der Waals surface area contributed by atoms with Crippen LogP contribution in [-0.4, -0.2) is 4.98 Å². The van der Waals surface area contributed by atoms with Gasteiger partial charge in [-0.15, -0.1) is 0 Å². The van der Waals surface area contributed by atoms with Crippen LogP contribution >= 0.6 is 0 Å². The Hall–Kier alpha value is -1.90. The topological polar surface area (TPSA) is 22.1 Å². The van der Waals surface area contributed by atoms with Crippen LogP contribution in [-0.2, 0) is 0 Å². The number of nitrogens with zero attached hydrogens (tertiary/aromatic N) is 1. The van der Waals surface area contributed by atoms with Gasteiger partial charge in [0.15, 0.2) is 0 Å². The molecule has 2 aromatic rings. The van der Waals surface area contributed by atoms with Gasteiger partial charge in [0.2, 0.25) is 5.88 Å². The van der Waals surface area contributed by atoms with E-state index in [1.165, 1.54) is 12.1 Å². The minimum Gasteiger partial charge on any atom is -0.439 e. The molecule has 0 aliphatic rings. The van der Waals surface area contributed by atoms with Gasteiger partial charge in [-0.1, -0.05) is 0 Å². The molecule has 1 aromatic carbocycles. The van der Waals surface area contributed by atoms with Gasteiger partial charge in [-0.2, -0.15) is 0 Å². The van der Waals surface area contributed by atoms with Crippen LogP contribution in [0.1, 0.15) is 0 Å². The lowest BCUT2D eigenvalue weighted by molar-refractivity contribution is 0.461. The van der Waals surface area contributed by atoms with Crippen molar-refractivity contribution in [1.82, 2.24) is 4.98 Å². The molecule has 3 heteroatoms. The highest BCUT2D eigenvalue weighted by molar-refractivity contribution is 5.26. The number of pyridine rings is 1. The molecule has 1 aromatic heterocycles. The number of aromatic nitrogens is 1. The van der Waals surface area contributed by atoms with E-state index in [2.05, 4.69) is 11.1 Å². The molecule has 1 heterocycles. The van der Waals surface area contributed by atoms with Gasteiger partial charge in [0.05, 0.1) is 0 Å². The monoisotopic (exact) mass is 188 g/mol. The van der Waals surface area contributed by atoms with Crippen molar-refractivity contribution >= 4 is 0 Å². The van der Waals surface area contributed by atoms with Crippen LogP contribution in [0.25, 0.3) is 0 Å². The van der Waals surface area contributed by atoms with E-state index in [-0.39, 0.29) is 5.82 Å². The Morgan fingerprint density at radius 2 is 2.00 bits per heavy atom. The molecule has 0 aliphatic carbocycles. The fraction of sp³-hybridized carbons (Fsp3) is 0. The van der Waals surface area contributed by atoms with Gasteiger partial charge in [-0.3, -0.25) is 0 Å². The van der Waals surface area contributed by atoms with Crippen LogP contribution in [0.2, 0.25) is 0 Å². The molecule has 0 bridgehead atoms. The van der Waals surface area contributed by atoms with E-state index in [4.69, 9.17) is 4.74 Å². The summed E-state index contributed by atoms with van der Waals surface area (Å²) >= 11 is 0. The van der Waals surface area contributed by atoms with Gasteiger partial charge in [-0.05, 0) is 36.4 Å². The molecule has 0 unspecified atom stereocenters. The first kappa shape index (κ1) is 8.69. The van der Waals surface area contributed by atoms with E-state index < -0.39 is 0 Å². The quantitative estimate of drug-likeness (QED) is 0.722. The largest absolute Gasteiger partial charge is 0.439 e. The first-order valence-corrected chi connectivity index (χ1v) is 4.10. The maximum absolute atomic E-state index is 12.5. The maximum Gasteiger partial charge on any atom is 0.219 e. The van der Waals surface area contributed by atoms with E-state index in [1.807, 2.05) is 0 Å². The molecule has 2 nitrogen and oxygen atoms in total. The Balaban J connectivity index is 2.16. The van der Waals surface area contributed by atoms with Crippen molar-refractivity contribution in [3.8, 4) is 11.6 Å². The van der Waals surface area contributed by atoms with Crippen LogP contribution < -0.4 is 4.74 Å². The molecular weight excluding hydrogens is 181 g/mol. The minimum atomic E-state index is -0.287.